The van der Waals surface area contributed by atoms with Gasteiger partial charge in [-0.3, -0.25) is 9.59 Å². The molecule has 0 spiro atoms. The molecular formula is C18H25N3O2. The first-order valence-corrected chi connectivity index (χ1v) is 8.47. The van der Waals surface area contributed by atoms with Gasteiger partial charge in [0.2, 0.25) is 11.8 Å². The van der Waals surface area contributed by atoms with E-state index < -0.39 is 0 Å². The third-order valence-electron chi connectivity index (χ3n) is 4.85. The topological polar surface area (TPSA) is 61.4 Å². The number of hydrogen-bond donors (Lipinski definition) is 2. The SMILES string of the molecule is CC(=O)NCC1CCCN(C(=O)C2Cc3ccccc3CN2)C1. The maximum atomic E-state index is 12.8. The highest BCUT2D eigenvalue weighted by Gasteiger charge is 2.30. The first-order valence-electron chi connectivity index (χ1n) is 8.47. The number of rotatable bonds is 3. The molecule has 2 amide bonds. The normalized spacial score (nSPS) is 24.0. The van der Waals surface area contributed by atoms with Gasteiger partial charge in [-0.1, -0.05) is 24.3 Å². The maximum absolute atomic E-state index is 12.8. The van der Waals surface area contributed by atoms with E-state index in [4.69, 9.17) is 0 Å². The van der Waals surface area contributed by atoms with E-state index in [0.29, 0.717) is 12.5 Å². The van der Waals surface area contributed by atoms with E-state index in [1.807, 2.05) is 17.0 Å². The van der Waals surface area contributed by atoms with Crippen LogP contribution in [0.4, 0.5) is 0 Å². The molecule has 0 aromatic heterocycles. The Labute approximate surface area is 137 Å². The zero-order valence-electron chi connectivity index (χ0n) is 13.7. The summed E-state index contributed by atoms with van der Waals surface area (Å²) in [4.78, 5) is 25.9. The Morgan fingerprint density at radius 1 is 1.30 bits per heavy atom. The van der Waals surface area contributed by atoms with Gasteiger partial charge in [-0.05, 0) is 36.3 Å². The van der Waals surface area contributed by atoms with Crippen molar-refractivity contribution < 1.29 is 9.59 Å². The molecule has 0 aliphatic carbocycles. The smallest absolute Gasteiger partial charge is 0.240 e. The van der Waals surface area contributed by atoms with Crippen molar-refractivity contribution in [3.63, 3.8) is 0 Å². The zero-order chi connectivity index (χ0) is 16.2. The standard InChI is InChI=1S/C18H25N3O2/c1-13(22)19-10-14-5-4-8-21(12-14)18(23)17-9-15-6-2-3-7-16(15)11-20-17/h2-3,6-7,14,17,20H,4-5,8-12H2,1H3,(H,19,22). The van der Waals surface area contributed by atoms with Crippen molar-refractivity contribution in [2.75, 3.05) is 19.6 Å². The summed E-state index contributed by atoms with van der Waals surface area (Å²) in [5, 5.41) is 6.25. The molecule has 1 aromatic rings. The molecule has 0 saturated carbocycles. The number of nitrogens with one attached hydrogen (secondary N) is 2. The van der Waals surface area contributed by atoms with E-state index in [1.54, 1.807) is 0 Å². The average Bonchev–Trinajstić information content (AvgIpc) is 2.59. The quantitative estimate of drug-likeness (QED) is 0.877. The van der Waals surface area contributed by atoms with E-state index in [0.717, 1.165) is 38.9 Å². The minimum Gasteiger partial charge on any atom is -0.356 e. The van der Waals surface area contributed by atoms with Gasteiger partial charge in [-0.2, -0.15) is 0 Å². The number of carbonyl (C=O) groups is 2. The Bertz CT molecular complexity index is 587. The van der Waals surface area contributed by atoms with E-state index in [2.05, 4.69) is 22.8 Å². The molecule has 2 heterocycles. The zero-order valence-corrected chi connectivity index (χ0v) is 13.7. The molecule has 1 aromatic carbocycles. The third-order valence-corrected chi connectivity index (χ3v) is 4.85. The molecule has 2 N–H and O–H groups in total. The number of likely N-dealkylation sites (tertiary alicyclic amines) is 1. The molecule has 124 valence electrons. The predicted molar refractivity (Wildman–Crippen MR) is 88.8 cm³/mol. The van der Waals surface area contributed by atoms with Gasteiger partial charge in [0.05, 0.1) is 6.04 Å². The van der Waals surface area contributed by atoms with Crippen molar-refractivity contribution in [1.29, 1.82) is 0 Å². The summed E-state index contributed by atoms with van der Waals surface area (Å²) in [7, 11) is 0. The van der Waals surface area contributed by atoms with E-state index in [9.17, 15) is 9.59 Å². The van der Waals surface area contributed by atoms with Crippen molar-refractivity contribution >= 4 is 11.8 Å². The maximum Gasteiger partial charge on any atom is 0.240 e. The minimum atomic E-state index is -0.121. The Kier molecular flexibility index (Phi) is 4.96. The molecule has 0 bridgehead atoms. The molecule has 2 aliphatic rings. The third kappa shape index (κ3) is 3.91. The van der Waals surface area contributed by atoms with Crippen LogP contribution in [-0.4, -0.2) is 42.4 Å². The first kappa shape index (κ1) is 16.0. The molecule has 2 aliphatic heterocycles. The summed E-state index contributed by atoms with van der Waals surface area (Å²) in [6.07, 6.45) is 2.85. The van der Waals surface area contributed by atoms with Gasteiger partial charge >= 0.3 is 0 Å². The fraction of sp³-hybridized carbons (Fsp3) is 0.556. The molecule has 2 unspecified atom stereocenters. The summed E-state index contributed by atoms with van der Waals surface area (Å²) in [6, 6.07) is 8.19. The second kappa shape index (κ2) is 7.13. The molecule has 1 saturated heterocycles. The van der Waals surface area contributed by atoms with Gasteiger partial charge in [0.25, 0.3) is 0 Å². The summed E-state index contributed by atoms with van der Waals surface area (Å²) in [5.41, 5.74) is 2.56. The number of amides is 2. The van der Waals surface area contributed by atoms with E-state index in [1.165, 1.54) is 18.1 Å². The second-order valence-electron chi connectivity index (χ2n) is 6.64. The Hall–Kier alpha value is -1.88. The van der Waals surface area contributed by atoms with Crippen LogP contribution in [0.25, 0.3) is 0 Å². The van der Waals surface area contributed by atoms with Gasteiger partial charge in [-0.25, -0.2) is 0 Å². The first-order chi connectivity index (χ1) is 11.1. The fourth-order valence-corrected chi connectivity index (χ4v) is 3.57. The second-order valence-corrected chi connectivity index (χ2v) is 6.64. The number of carbonyl (C=O) groups excluding carboxylic acids is 2. The highest BCUT2D eigenvalue weighted by molar-refractivity contribution is 5.82. The van der Waals surface area contributed by atoms with Crippen LogP contribution in [0.2, 0.25) is 0 Å². The van der Waals surface area contributed by atoms with Crippen LogP contribution in [0, 0.1) is 5.92 Å². The van der Waals surface area contributed by atoms with Crippen LogP contribution >= 0.6 is 0 Å². The monoisotopic (exact) mass is 315 g/mol. The Morgan fingerprint density at radius 3 is 2.87 bits per heavy atom. The largest absolute Gasteiger partial charge is 0.356 e. The summed E-state index contributed by atoms with van der Waals surface area (Å²) >= 11 is 0. The number of piperidine rings is 1. The van der Waals surface area contributed by atoms with Gasteiger partial charge in [-0.15, -0.1) is 0 Å². The van der Waals surface area contributed by atoms with Crippen molar-refractivity contribution in [1.82, 2.24) is 15.5 Å². The predicted octanol–water partition coefficient (Wildman–Crippen LogP) is 1.08. The number of fused-ring (bicyclic) bond motifs is 1. The highest BCUT2D eigenvalue weighted by atomic mass is 16.2. The van der Waals surface area contributed by atoms with E-state index >= 15 is 0 Å². The minimum absolute atomic E-state index is 0.000922. The van der Waals surface area contributed by atoms with Crippen LogP contribution in [0.3, 0.4) is 0 Å². The van der Waals surface area contributed by atoms with Crippen LogP contribution in [0.15, 0.2) is 24.3 Å². The summed E-state index contributed by atoms with van der Waals surface area (Å²) in [6.45, 7) is 4.54. The van der Waals surface area contributed by atoms with Crippen LogP contribution in [0.1, 0.15) is 30.9 Å². The molecule has 5 heteroatoms. The molecular weight excluding hydrogens is 290 g/mol. The van der Waals surface area contributed by atoms with Gasteiger partial charge in [0.15, 0.2) is 0 Å². The molecule has 2 atom stereocenters. The van der Waals surface area contributed by atoms with Crippen molar-refractivity contribution in [3.05, 3.63) is 35.4 Å². The summed E-state index contributed by atoms with van der Waals surface area (Å²) < 4.78 is 0. The lowest BCUT2D eigenvalue weighted by molar-refractivity contribution is -0.135. The van der Waals surface area contributed by atoms with Crippen molar-refractivity contribution in [2.45, 2.75) is 38.8 Å². The average molecular weight is 315 g/mol. The van der Waals surface area contributed by atoms with Crippen LogP contribution < -0.4 is 10.6 Å². The Balaban J connectivity index is 1.59. The highest BCUT2D eigenvalue weighted by Crippen LogP contribution is 2.21. The van der Waals surface area contributed by atoms with Crippen LogP contribution in [-0.2, 0) is 22.6 Å². The summed E-state index contributed by atoms with van der Waals surface area (Å²) in [5.74, 6) is 0.568. The lowest BCUT2D eigenvalue weighted by Crippen LogP contribution is -2.52. The van der Waals surface area contributed by atoms with Crippen molar-refractivity contribution in [3.8, 4) is 0 Å². The molecule has 0 radical (unpaired) electrons. The van der Waals surface area contributed by atoms with Gasteiger partial charge in [0, 0.05) is 33.1 Å². The Morgan fingerprint density at radius 2 is 2.09 bits per heavy atom. The lowest BCUT2D eigenvalue weighted by atomic mass is 9.93. The number of benzene rings is 1. The molecule has 1 fully saturated rings. The van der Waals surface area contributed by atoms with Gasteiger partial charge < -0.3 is 15.5 Å². The lowest BCUT2D eigenvalue weighted by Gasteiger charge is -2.36. The fourth-order valence-electron chi connectivity index (χ4n) is 3.57. The molecule has 23 heavy (non-hydrogen) atoms. The van der Waals surface area contributed by atoms with Crippen molar-refractivity contribution in [2.24, 2.45) is 5.92 Å². The molecule has 3 rings (SSSR count). The number of nitrogens with zero attached hydrogens (tertiary/aromatic N) is 1. The van der Waals surface area contributed by atoms with Gasteiger partial charge in [0.1, 0.15) is 0 Å². The van der Waals surface area contributed by atoms with E-state index in [-0.39, 0.29) is 17.9 Å². The number of hydrogen-bond acceptors (Lipinski definition) is 3. The van der Waals surface area contributed by atoms with Crippen LogP contribution in [0.5, 0.6) is 0 Å². The molecule has 5 nitrogen and oxygen atoms in total.